The fourth-order valence-electron chi connectivity index (χ4n) is 1.40. The third kappa shape index (κ3) is 3.14. The number of Topliss-reactive ketones (excluding diaryl/α,β-unsaturated/α-hetero) is 1. The summed E-state index contributed by atoms with van der Waals surface area (Å²) in [6.45, 7) is 2.95. The molecule has 1 atom stereocenters. The van der Waals surface area contributed by atoms with Gasteiger partial charge in [-0.1, -0.05) is 0 Å². The molecule has 0 aromatic heterocycles. The Bertz CT molecular complexity index is 203. The van der Waals surface area contributed by atoms with Gasteiger partial charge < -0.3 is 10.1 Å². The molecule has 0 amide bonds. The van der Waals surface area contributed by atoms with Crippen LogP contribution in [0.2, 0.25) is 0 Å². The van der Waals surface area contributed by atoms with Crippen LogP contribution in [-0.2, 0) is 14.3 Å². The highest BCUT2D eigenvalue weighted by Gasteiger charge is 2.24. The van der Waals surface area contributed by atoms with Crippen molar-refractivity contribution < 1.29 is 14.3 Å². The Kier molecular flexibility index (Phi) is 3.89. The van der Waals surface area contributed by atoms with Crippen LogP contribution in [0.15, 0.2) is 0 Å². The SMILES string of the molecule is CCOC(=O)CC1NCCCC1=O. The monoisotopic (exact) mass is 185 g/mol. The first-order valence-corrected chi connectivity index (χ1v) is 4.65. The minimum Gasteiger partial charge on any atom is -0.466 e. The van der Waals surface area contributed by atoms with Crippen molar-refractivity contribution in [2.24, 2.45) is 0 Å². The summed E-state index contributed by atoms with van der Waals surface area (Å²) in [7, 11) is 0. The van der Waals surface area contributed by atoms with Crippen LogP contribution in [0.4, 0.5) is 0 Å². The van der Waals surface area contributed by atoms with Gasteiger partial charge in [-0.2, -0.15) is 0 Å². The summed E-state index contributed by atoms with van der Waals surface area (Å²) in [5.41, 5.74) is 0. The molecule has 0 aromatic carbocycles. The molecular formula is C9H15NO3. The molecule has 1 rings (SSSR count). The quantitative estimate of drug-likeness (QED) is 0.641. The Morgan fingerprint density at radius 1 is 1.69 bits per heavy atom. The number of ketones is 1. The van der Waals surface area contributed by atoms with Crippen LogP contribution in [-0.4, -0.2) is 30.9 Å². The standard InChI is InChI=1S/C9H15NO3/c1-2-13-9(12)6-7-8(11)4-3-5-10-7/h7,10H,2-6H2,1H3. The molecule has 1 N–H and O–H groups in total. The lowest BCUT2D eigenvalue weighted by Crippen LogP contribution is -2.43. The van der Waals surface area contributed by atoms with Crippen LogP contribution in [0.25, 0.3) is 0 Å². The summed E-state index contributed by atoms with van der Waals surface area (Å²) in [6.07, 6.45) is 1.63. The smallest absolute Gasteiger partial charge is 0.307 e. The van der Waals surface area contributed by atoms with Gasteiger partial charge in [0, 0.05) is 6.42 Å². The highest BCUT2D eigenvalue weighted by molar-refractivity contribution is 5.88. The van der Waals surface area contributed by atoms with E-state index in [0.29, 0.717) is 13.0 Å². The highest BCUT2D eigenvalue weighted by Crippen LogP contribution is 2.06. The molecule has 1 aliphatic heterocycles. The van der Waals surface area contributed by atoms with E-state index in [9.17, 15) is 9.59 Å². The first-order valence-electron chi connectivity index (χ1n) is 4.65. The molecule has 4 heteroatoms. The molecule has 1 aliphatic rings. The van der Waals surface area contributed by atoms with Gasteiger partial charge in [0.1, 0.15) is 5.78 Å². The van der Waals surface area contributed by atoms with Crippen molar-refractivity contribution in [1.82, 2.24) is 5.32 Å². The van der Waals surface area contributed by atoms with Crippen molar-refractivity contribution in [3.8, 4) is 0 Å². The molecule has 1 saturated heterocycles. The normalized spacial score (nSPS) is 22.8. The predicted molar refractivity (Wildman–Crippen MR) is 47.3 cm³/mol. The Hall–Kier alpha value is -0.900. The van der Waals surface area contributed by atoms with E-state index in [0.717, 1.165) is 13.0 Å². The average molecular weight is 185 g/mol. The number of rotatable bonds is 3. The maximum Gasteiger partial charge on any atom is 0.307 e. The summed E-state index contributed by atoms with van der Waals surface area (Å²) < 4.78 is 4.76. The Morgan fingerprint density at radius 3 is 3.08 bits per heavy atom. The van der Waals surface area contributed by atoms with Gasteiger partial charge in [-0.25, -0.2) is 0 Å². The largest absolute Gasteiger partial charge is 0.466 e. The van der Waals surface area contributed by atoms with E-state index in [-0.39, 0.29) is 24.2 Å². The lowest BCUT2D eigenvalue weighted by molar-refractivity contribution is -0.145. The van der Waals surface area contributed by atoms with Gasteiger partial charge in [0.2, 0.25) is 0 Å². The molecule has 0 spiro atoms. The van der Waals surface area contributed by atoms with Crippen LogP contribution < -0.4 is 5.32 Å². The predicted octanol–water partition coefficient (Wildman–Crippen LogP) is 0.261. The van der Waals surface area contributed by atoms with Gasteiger partial charge in [-0.15, -0.1) is 0 Å². The second kappa shape index (κ2) is 4.97. The zero-order valence-electron chi connectivity index (χ0n) is 7.84. The van der Waals surface area contributed by atoms with E-state index in [2.05, 4.69) is 5.32 Å². The van der Waals surface area contributed by atoms with Crippen molar-refractivity contribution in [3.63, 3.8) is 0 Å². The molecular weight excluding hydrogens is 170 g/mol. The van der Waals surface area contributed by atoms with Gasteiger partial charge in [-0.3, -0.25) is 9.59 Å². The Balaban J connectivity index is 2.33. The van der Waals surface area contributed by atoms with Gasteiger partial charge in [0.15, 0.2) is 0 Å². The lowest BCUT2D eigenvalue weighted by atomic mass is 10.0. The maximum atomic E-state index is 11.3. The fourth-order valence-corrected chi connectivity index (χ4v) is 1.40. The van der Waals surface area contributed by atoms with Crippen molar-refractivity contribution in [3.05, 3.63) is 0 Å². The number of carbonyl (C=O) groups excluding carboxylic acids is 2. The molecule has 0 aromatic rings. The number of hydrogen-bond donors (Lipinski definition) is 1. The van der Waals surface area contributed by atoms with Crippen molar-refractivity contribution in [1.29, 1.82) is 0 Å². The van der Waals surface area contributed by atoms with Crippen LogP contribution in [0.3, 0.4) is 0 Å². The lowest BCUT2D eigenvalue weighted by Gasteiger charge is -2.21. The minimum atomic E-state index is -0.312. The van der Waals surface area contributed by atoms with Crippen molar-refractivity contribution >= 4 is 11.8 Å². The van der Waals surface area contributed by atoms with Crippen LogP contribution >= 0.6 is 0 Å². The fraction of sp³-hybridized carbons (Fsp3) is 0.778. The molecule has 13 heavy (non-hydrogen) atoms. The number of esters is 1. The number of hydrogen-bond acceptors (Lipinski definition) is 4. The van der Waals surface area contributed by atoms with E-state index in [1.807, 2.05) is 0 Å². The number of nitrogens with one attached hydrogen (secondary N) is 1. The van der Waals surface area contributed by atoms with Gasteiger partial charge in [-0.05, 0) is 19.9 Å². The van der Waals surface area contributed by atoms with Crippen LogP contribution in [0, 0.1) is 0 Å². The van der Waals surface area contributed by atoms with Crippen LogP contribution in [0.5, 0.6) is 0 Å². The molecule has 1 fully saturated rings. The summed E-state index contributed by atoms with van der Waals surface area (Å²) >= 11 is 0. The first kappa shape index (κ1) is 10.2. The molecule has 74 valence electrons. The third-order valence-electron chi connectivity index (χ3n) is 2.06. The summed E-state index contributed by atoms with van der Waals surface area (Å²) in [6, 6.07) is -0.312. The van der Waals surface area contributed by atoms with E-state index >= 15 is 0 Å². The average Bonchev–Trinajstić information content (AvgIpc) is 2.09. The summed E-state index contributed by atoms with van der Waals surface area (Å²) in [5.74, 6) is -0.172. The first-order chi connectivity index (χ1) is 6.24. The van der Waals surface area contributed by atoms with E-state index in [1.165, 1.54) is 0 Å². The zero-order chi connectivity index (χ0) is 9.68. The topological polar surface area (TPSA) is 55.4 Å². The summed E-state index contributed by atoms with van der Waals surface area (Å²) in [5, 5.41) is 3.01. The van der Waals surface area contributed by atoms with Crippen LogP contribution in [0.1, 0.15) is 26.2 Å². The molecule has 0 saturated carbocycles. The van der Waals surface area contributed by atoms with Crippen molar-refractivity contribution in [2.45, 2.75) is 32.2 Å². The maximum absolute atomic E-state index is 11.3. The molecule has 1 heterocycles. The molecule has 4 nitrogen and oxygen atoms in total. The van der Waals surface area contributed by atoms with E-state index < -0.39 is 0 Å². The summed E-state index contributed by atoms with van der Waals surface area (Å²) in [4.78, 5) is 22.3. The number of piperidine rings is 1. The second-order valence-electron chi connectivity index (χ2n) is 3.09. The Morgan fingerprint density at radius 2 is 2.46 bits per heavy atom. The van der Waals surface area contributed by atoms with Gasteiger partial charge >= 0.3 is 5.97 Å². The third-order valence-corrected chi connectivity index (χ3v) is 2.06. The molecule has 1 unspecified atom stereocenters. The van der Waals surface area contributed by atoms with Gasteiger partial charge in [0.25, 0.3) is 0 Å². The van der Waals surface area contributed by atoms with Gasteiger partial charge in [0.05, 0.1) is 19.1 Å². The highest BCUT2D eigenvalue weighted by atomic mass is 16.5. The number of ether oxygens (including phenoxy) is 1. The van der Waals surface area contributed by atoms with E-state index in [4.69, 9.17) is 4.74 Å². The van der Waals surface area contributed by atoms with E-state index in [1.54, 1.807) is 6.92 Å². The zero-order valence-corrected chi connectivity index (χ0v) is 7.84. The minimum absolute atomic E-state index is 0.124. The molecule has 0 aliphatic carbocycles. The second-order valence-corrected chi connectivity index (χ2v) is 3.09. The van der Waals surface area contributed by atoms with Crippen molar-refractivity contribution in [2.75, 3.05) is 13.2 Å². The number of carbonyl (C=O) groups is 2. The Labute approximate surface area is 77.6 Å². The molecule has 0 radical (unpaired) electrons. The molecule has 0 bridgehead atoms.